The summed E-state index contributed by atoms with van der Waals surface area (Å²) in [6, 6.07) is 1.85. The molecule has 94 valence electrons. The number of aliphatic hydroxyl groups excluding tert-OH is 1. The molecule has 0 saturated heterocycles. The molecular weight excluding hydrogens is 222 g/mol. The summed E-state index contributed by atoms with van der Waals surface area (Å²) in [5.41, 5.74) is 0.474. The highest BCUT2D eigenvalue weighted by Gasteiger charge is 2.46. The van der Waals surface area contributed by atoms with Crippen LogP contribution in [0.1, 0.15) is 36.4 Å². The van der Waals surface area contributed by atoms with Crippen LogP contribution >= 0.6 is 0 Å². The third-order valence-electron chi connectivity index (χ3n) is 3.70. The molecule has 1 fully saturated rings. The number of rotatable bonds is 4. The Morgan fingerprint density at radius 1 is 1.65 bits per heavy atom. The summed E-state index contributed by atoms with van der Waals surface area (Å²) in [5.74, 6) is -1.07. The quantitative estimate of drug-likeness (QED) is 0.736. The van der Waals surface area contributed by atoms with Crippen LogP contribution in [0, 0.1) is 5.41 Å². The average Bonchev–Trinajstić information content (AvgIpc) is 2.72. The lowest BCUT2D eigenvalue weighted by Gasteiger charge is -2.49. The zero-order valence-corrected chi connectivity index (χ0v) is 9.93. The number of carbonyl (C=O) groups is 1. The van der Waals surface area contributed by atoms with Crippen LogP contribution in [-0.4, -0.2) is 28.3 Å². The fraction of sp³-hybridized carbons (Fsp3) is 0.583. The molecule has 2 rings (SSSR count). The summed E-state index contributed by atoms with van der Waals surface area (Å²) in [6.07, 6.45) is 1.79. The molecular formula is C12H17NO4. The molecule has 0 amide bonds. The summed E-state index contributed by atoms with van der Waals surface area (Å²) in [4.78, 5) is 10.8. The Hall–Kier alpha value is -1.33. The van der Waals surface area contributed by atoms with Crippen LogP contribution in [0.15, 0.2) is 16.7 Å². The predicted octanol–water partition coefficient (Wildman–Crippen LogP) is 1.23. The van der Waals surface area contributed by atoms with Gasteiger partial charge in [0.05, 0.1) is 12.4 Å². The topological polar surface area (TPSA) is 82.7 Å². The second-order valence-electron chi connectivity index (χ2n) is 5.09. The molecule has 1 aromatic rings. The number of hydrogen-bond acceptors (Lipinski definition) is 4. The second kappa shape index (κ2) is 4.16. The van der Waals surface area contributed by atoms with Crippen LogP contribution in [0.5, 0.6) is 0 Å². The van der Waals surface area contributed by atoms with Crippen molar-refractivity contribution in [2.24, 2.45) is 5.41 Å². The van der Waals surface area contributed by atoms with E-state index in [1.165, 1.54) is 6.26 Å². The van der Waals surface area contributed by atoms with E-state index in [1.54, 1.807) is 6.07 Å². The van der Waals surface area contributed by atoms with Crippen LogP contribution in [0.2, 0.25) is 0 Å². The molecule has 1 aliphatic rings. The van der Waals surface area contributed by atoms with E-state index in [2.05, 4.69) is 5.32 Å². The van der Waals surface area contributed by atoms with Crippen molar-refractivity contribution in [2.45, 2.75) is 39.0 Å². The van der Waals surface area contributed by atoms with E-state index in [9.17, 15) is 9.90 Å². The maximum atomic E-state index is 10.8. The molecule has 1 heterocycles. The SMILES string of the molecule is CC1(C)C(O)CC1NCc1ccoc1C(=O)O. The van der Waals surface area contributed by atoms with Gasteiger partial charge in [0, 0.05) is 23.6 Å². The number of nitrogens with one attached hydrogen (secondary N) is 1. The molecule has 1 aromatic heterocycles. The lowest BCUT2D eigenvalue weighted by Crippen LogP contribution is -2.59. The predicted molar refractivity (Wildman–Crippen MR) is 60.7 cm³/mol. The van der Waals surface area contributed by atoms with Gasteiger partial charge in [-0.15, -0.1) is 0 Å². The minimum atomic E-state index is -1.06. The number of aliphatic hydroxyl groups is 1. The third-order valence-corrected chi connectivity index (χ3v) is 3.70. The van der Waals surface area contributed by atoms with E-state index in [0.29, 0.717) is 18.5 Å². The largest absolute Gasteiger partial charge is 0.475 e. The first-order chi connectivity index (χ1) is 7.93. The van der Waals surface area contributed by atoms with Crippen LogP contribution in [-0.2, 0) is 6.54 Å². The molecule has 0 bridgehead atoms. The molecule has 0 radical (unpaired) electrons. The molecule has 17 heavy (non-hydrogen) atoms. The molecule has 2 unspecified atom stereocenters. The Bertz CT molecular complexity index is 424. The minimum Gasteiger partial charge on any atom is -0.475 e. The van der Waals surface area contributed by atoms with Gasteiger partial charge in [0.25, 0.3) is 0 Å². The van der Waals surface area contributed by atoms with Crippen molar-refractivity contribution in [3.8, 4) is 0 Å². The summed E-state index contributed by atoms with van der Waals surface area (Å²) in [6.45, 7) is 4.43. The third kappa shape index (κ3) is 2.08. The molecule has 1 saturated carbocycles. The summed E-state index contributed by atoms with van der Waals surface area (Å²) in [5, 5.41) is 21.7. The second-order valence-corrected chi connectivity index (χ2v) is 5.09. The highest BCUT2D eigenvalue weighted by molar-refractivity contribution is 5.86. The summed E-state index contributed by atoms with van der Waals surface area (Å²) in [7, 11) is 0. The normalized spacial score (nSPS) is 26.5. The smallest absolute Gasteiger partial charge is 0.372 e. The van der Waals surface area contributed by atoms with Gasteiger partial charge in [0.2, 0.25) is 5.76 Å². The van der Waals surface area contributed by atoms with Crippen LogP contribution in [0.4, 0.5) is 0 Å². The number of furan rings is 1. The first-order valence-corrected chi connectivity index (χ1v) is 5.64. The van der Waals surface area contributed by atoms with Crippen molar-refractivity contribution in [2.75, 3.05) is 0 Å². The van der Waals surface area contributed by atoms with Crippen LogP contribution < -0.4 is 5.32 Å². The van der Waals surface area contributed by atoms with Crippen molar-refractivity contribution in [3.05, 3.63) is 23.7 Å². The Morgan fingerprint density at radius 3 is 2.88 bits per heavy atom. The monoisotopic (exact) mass is 239 g/mol. The van der Waals surface area contributed by atoms with Gasteiger partial charge in [-0.25, -0.2) is 4.79 Å². The van der Waals surface area contributed by atoms with Crippen LogP contribution in [0.25, 0.3) is 0 Å². The first-order valence-electron chi connectivity index (χ1n) is 5.64. The highest BCUT2D eigenvalue weighted by atomic mass is 16.4. The van der Waals surface area contributed by atoms with Gasteiger partial charge >= 0.3 is 5.97 Å². The Morgan fingerprint density at radius 2 is 2.35 bits per heavy atom. The number of carboxylic acids is 1. The molecule has 1 aliphatic carbocycles. The Kier molecular flexibility index (Phi) is 2.97. The van der Waals surface area contributed by atoms with Gasteiger partial charge in [-0.1, -0.05) is 13.8 Å². The maximum Gasteiger partial charge on any atom is 0.372 e. The average molecular weight is 239 g/mol. The van der Waals surface area contributed by atoms with Gasteiger partial charge < -0.3 is 19.9 Å². The standard InChI is InChI=1S/C12H17NO4/c1-12(2)8(5-9(12)14)13-6-7-3-4-17-10(7)11(15)16/h3-4,8-9,13-14H,5-6H2,1-2H3,(H,15,16). The number of aromatic carboxylic acids is 1. The highest BCUT2D eigenvalue weighted by Crippen LogP contribution is 2.40. The van der Waals surface area contributed by atoms with E-state index in [0.717, 1.165) is 0 Å². The van der Waals surface area contributed by atoms with Crippen molar-refractivity contribution in [3.63, 3.8) is 0 Å². The zero-order valence-electron chi connectivity index (χ0n) is 9.93. The van der Waals surface area contributed by atoms with Crippen LogP contribution in [0.3, 0.4) is 0 Å². The fourth-order valence-corrected chi connectivity index (χ4v) is 2.14. The molecule has 0 aliphatic heterocycles. The molecule has 3 N–H and O–H groups in total. The van der Waals surface area contributed by atoms with Crippen molar-refractivity contribution >= 4 is 5.97 Å². The van der Waals surface area contributed by atoms with Gasteiger partial charge in [-0.05, 0) is 12.5 Å². The molecule has 0 spiro atoms. The lowest BCUT2D eigenvalue weighted by atomic mass is 9.64. The van der Waals surface area contributed by atoms with Crippen molar-refractivity contribution in [1.82, 2.24) is 5.32 Å². The maximum absolute atomic E-state index is 10.8. The van der Waals surface area contributed by atoms with Gasteiger partial charge in [-0.2, -0.15) is 0 Å². The van der Waals surface area contributed by atoms with E-state index in [4.69, 9.17) is 9.52 Å². The summed E-state index contributed by atoms with van der Waals surface area (Å²) < 4.78 is 4.89. The Labute approximate surface area is 99.4 Å². The van der Waals surface area contributed by atoms with E-state index in [-0.39, 0.29) is 23.3 Å². The van der Waals surface area contributed by atoms with Crippen molar-refractivity contribution in [1.29, 1.82) is 0 Å². The fourth-order valence-electron chi connectivity index (χ4n) is 2.14. The zero-order chi connectivity index (χ0) is 12.6. The number of hydrogen-bond donors (Lipinski definition) is 3. The van der Waals surface area contributed by atoms with E-state index < -0.39 is 5.97 Å². The Balaban J connectivity index is 1.95. The van der Waals surface area contributed by atoms with E-state index in [1.807, 2.05) is 13.8 Å². The summed E-state index contributed by atoms with van der Waals surface area (Å²) >= 11 is 0. The van der Waals surface area contributed by atoms with E-state index >= 15 is 0 Å². The molecule has 2 atom stereocenters. The first kappa shape index (κ1) is 12.1. The molecule has 0 aromatic carbocycles. The minimum absolute atomic E-state index is 0.0184. The molecule has 5 nitrogen and oxygen atoms in total. The van der Waals surface area contributed by atoms with Gasteiger partial charge in [0.15, 0.2) is 0 Å². The van der Waals surface area contributed by atoms with Gasteiger partial charge in [-0.3, -0.25) is 0 Å². The number of carboxylic acid groups (broad SMARTS) is 1. The lowest BCUT2D eigenvalue weighted by molar-refractivity contribution is -0.0730. The molecule has 5 heteroatoms. The van der Waals surface area contributed by atoms with Gasteiger partial charge in [0.1, 0.15) is 0 Å². The van der Waals surface area contributed by atoms with Crippen molar-refractivity contribution < 1.29 is 19.4 Å².